The summed E-state index contributed by atoms with van der Waals surface area (Å²) in [7, 11) is -1.68. The van der Waals surface area contributed by atoms with Crippen LogP contribution in [0.4, 0.5) is 0 Å². The van der Waals surface area contributed by atoms with Crippen LogP contribution in [0.2, 0.25) is 18.1 Å². The van der Waals surface area contributed by atoms with Crippen molar-refractivity contribution in [3.8, 4) is 16.9 Å². The van der Waals surface area contributed by atoms with Crippen molar-refractivity contribution in [3.05, 3.63) is 54.6 Å². The molecule has 3 heteroatoms. The van der Waals surface area contributed by atoms with Gasteiger partial charge >= 0.3 is 0 Å². The van der Waals surface area contributed by atoms with Crippen LogP contribution in [-0.2, 0) is 4.43 Å². The van der Waals surface area contributed by atoms with Gasteiger partial charge in [0.1, 0.15) is 12.4 Å². The van der Waals surface area contributed by atoms with Crippen molar-refractivity contribution in [2.45, 2.75) is 38.9 Å². The molecular formula is C20H28O2Si. The largest absolute Gasteiger partial charge is 0.491 e. The van der Waals surface area contributed by atoms with Gasteiger partial charge in [-0.25, -0.2) is 0 Å². The average Bonchev–Trinajstić information content (AvgIpc) is 2.52. The van der Waals surface area contributed by atoms with Crippen molar-refractivity contribution in [1.82, 2.24) is 0 Å². The minimum atomic E-state index is -1.68. The number of rotatable bonds is 6. The highest BCUT2D eigenvalue weighted by Gasteiger charge is 2.36. The quantitative estimate of drug-likeness (QED) is 0.496. The Bertz CT molecular complexity index is 598. The van der Waals surface area contributed by atoms with E-state index in [2.05, 4.69) is 70.3 Å². The first-order valence-electron chi connectivity index (χ1n) is 8.22. The van der Waals surface area contributed by atoms with Gasteiger partial charge < -0.3 is 9.16 Å². The normalized spacial score (nSPS) is 12.2. The summed E-state index contributed by atoms with van der Waals surface area (Å²) in [6, 6.07) is 18.6. The highest BCUT2D eigenvalue weighted by molar-refractivity contribution is 6.74. The van der Waals surface area contributed by atoms with E-state index in [4.69, 9.17) is 9.16 Å². The van der Waals surface area contributed by atoms with Crippen molar-refractivity contribution in [2.75, 3.05) is 13.2 Å². The van der Waals surface area contributed by atoms with Crippen LogP contribution in [0.3, 0.4) is 0 Å². The van der Waals surface area contributed by atoms with Crippen LogP contribution in [0.15, 0.2) is 54.6 Å². The van der Waals surface area contributed by atoms with Crippen molar-refractivity contribution in [1.29, 1.82) is 0 Å². The number of hydrogen-bond acceptors (Lipinski definition) is 2. The molecule has 0 aliphatic carbocycles. The van der Waals surface area contributed by atoms with E-state index in [1.54, 1.807) is 0 Å². The lowest BCUT2D eigenvalue weighted by atomic mass is 10.1. The molecule has 2 aromatic rings. The van der Waals surface area contributed by atoms with Crippen LogP contribution in [0.5, 0.6) is 5.75 Å². The Morgan fingerprint density at radius 3 is 1.91 bits per heavy atom. The van der Waals surface area contributed by atoms with Gasteiger partial charge in [-0.2, -0.15) is 0 Å². The summed E-state index contributed by atoms with van der Waals surface area (Å²) in [4.78, 5) is 0. The average molecular weight is 329 g/mol. The van der Waals surface area contributed by atoms with Gasteiger partial charge in [0.15, 0.2) is 8.32 Å². The second kappa shape index (κ2) is 7.32. The molecule has 0 N–H and O–H groups in total. The molecule has 0 saturated carbocycles. The molecule has 0 bridgehead atoms. The van der Waals surface area contributed by atoms with Crippen LogP contribution in [0, 0.1) is 0 Å². The smallest absolute Gasteiger partial charge is 0.192 e. The Morgan fingerprint density at radius 1 is 0.783 bits per heavy atom. The molecule has 0 spiro atoms. The highest BCUT2D eigenvalue weighted by atomic mass is 28.4. The molecule has 2 rings (SSSR count). The first-order valence-corrected chi connectivity index (χ1v) is 11.1. The summed E-state index contributed by atoms with van der Waals surface area (Å²) < 4.78 is 11.9. The zero-order valence-corrected chi connectivity index (χ0v) is 15.9. The summed E-state index contributed by atoms with van der Waals surface area (Å²) in [6.07, 6.45) is 0. The lowest BCUT2D eigenvalue weighted by Gasteiger charge is -2.36. The summed E-state index contributed by atoms with van der Waals surface area (Å²) in [5, 5.41) is 0.240. The lowest BCUT2D eigenvalue weighted by molar-refractivity contribution is 0.203. The summed E-state index contributed by atoms with van der Waals surface area (Å²) in [5.74, 6) is 0.892. The third-order valence-corrected chi connectivity index (χ3v) is 9.12. The Balaban J connectivity index is 1.83. The van der Waals surface area contributed by atoms with Gasteiger partial charge in [-0.15, -0.1) is 0 Å². The van der Waals surface area contributed by atoms with E-state index in [1.807, 2.05) is 18.2 Å². The number of benzene rings is 2. The third-order valence-electron chi connectivity index (χ3n) is 4.58. The molecule has 0 saturated heterocycles. The summed E-state index contributed by atoms with van der Waals surface area (Å²) >= 11 is 0. The molecule has 2 nitrogen and oxygen atoms in total. The first kappa shape index (κ1) is 17.8. The van der Waals surface area contributed by atoms with Gasteiger partial charge in [0, 0.05) is 0 Å². The Morgan fingerprint density at radius 2 is 1.35 bits per heavy atom. The zero-order valence-electron chi connectivity index (χ0n) is 14.9. The van der Waals surface area contributed by atoms with Gasteiger partial charge in [0.25, 0.3) is 0 Å². The van der Waals surface area contributed by atoms with Crippen LogP contribution >= 0.6 is 0 Å². The standard InChI is InChI=1S/C20H28O2Si/c1-20(2,3)23(4,5)22-16-15-21-19-13-11-18(12-14-19)17-9-7-6-8-10-17/h6-14H,15-16H2,1-5H3. The van der Waals surface area contributed by atoms with Crippen molar-refractivity contribution >= 4 is 8.32 Å². The number of hydrogen-bond donors (Lipinski definition) is 0. The van der Waals surface area contributed by atoms with Crippen molar-refractivity contribution < 1.29 is 9.16 Å². The molecule has 0 aromatic heterocycles. The van der Waals surface area contributed by atoms with Crippen LogP contribution in [0.25, 0.3) is 11.1 Å². The molecule has 0 atom stereocenters. The van der Waals surface area contributed by atoms with Gasteiger partial charge in [-0.3, -0.25) is 0 Å². The summed E-state index contributed by atoms with van der Waals surface area (Å²) in [5.41, 5.74) is 2.43. The molecular weight excluding hydrogens is 300 g/mol. The third kappa shape index (κ3) is 4.95. The first-order chi connectivity index (χ1) is 10.8. The SMILES string of the molecule is CC(C)(C)[Si](C)(C)OCCOc1ccc(-c2ccccc2)cc1. The predicted molar refractivity (Wildman–Crippen MR) is 101 cm³/mol. The molecule has 23 heavy (non-hydrogen) atoms. The molecule has 0 aliphatic rings. The van der Waals surface area contributed by atoms with E-state index < -0.39 is 8.32 Å². The highest BCUT2D eigenvalue weighted by Crippen LogP contribution is 2.36. The van der Waals surface area contributed by atoms with E-state index in [0.717, 1.165) is 5.75 Å². The fraction of sp³-hybridized carbons (Fsp3) is 0.400. The van der Waals surface area contributed by atoms with E-state index in [-0.39, 0.29) is 5.04 Å². The van der Waals surface area contributed by atoms with Gasteiger partial charge in [-0.05, 0) is 41.4 Å². The number of ether oxygens (including phenoxy) is 1. The molecule has 0 aliphatic heterocycles. The topological polar surface area (TPSA) is 18.5 Å². The molecule has 124 valence electrons. The predicted octanol–water partition coefficient (Wildman–Crippen LogP) is 5.75. The second-order valence-corrected chi connectivity index (χ2v) is 12.2. The van der Waals surface area contributed by atoms with E-state index in [0.29, 0.717) is 13.2 Å². The van der Waals surface area contributed by atoms with Crippen LogP contribution in [0.1, 0.15) is 20.8 Å². The maximum atomic E-state index is 6.12. The molecule has 2 aromatic carbocycles. The molecule has 0 fully saturated rings. The van der Waals surface area contributed by atoms with Crippen molar-refractivity contribution in [3.63, 3.8) is 0 Å². The van der Waals surface area contributed by atoms with E-state index in [1.165, 1.54) is 11.1 Å². The maximum absolute atomic E-state index is 6.12. The maximum Gasteiger partial charge on any atom is 0.192 e. The fourth-order valence-electron chi connectivity index (χ4n) is 2.05. The van der Waals surface area contributed by atoms with Crippen LogP contribution < -0.4 is 4.74 Å². The molecule has 0 radical (unpaired) electrons. The van der Waals surface area contributed by atoms with E-state index >= 15 is 0 Å². The van der Waals surface area contributed by atoms with Crippen LogP contribution in [-0.4, -0.2) is 21.5 Å². The Hall–Kier alpha value is -1.58. The Kier molecular flexibility index (Phi) is 5.66. The molecule has 0 unspecified atom stereocenters. The lowest BCUT2D eigenvalue weighted by Crippen LogP contribution is -2.41. The summed E-state index contributed by atoms with van der Waals surface area (Å²) in [6.45, 7) is 12.5. The van der Waals surface area contributed by atoms with Gasteiger partial charge in [-0.1, -0.05) is 63.2 Å². The zero-order chi connectivity index (χ0) is 16.9. The van der Waals surface area contributed by atoms with E-state index in [9.17, 15) is 0 Å². The van der Waals surface area contributed by atoms with Gasteiger partial charge in [0.05, 0.1) is 6.61 Å². The minimum Gasteiger partial charge on any atom is -0.491 e. The second-order valence-electron chi connectivity index (χ2n) is 7.35. The Labute approximate surface area is 141 Å². The molecule has 0 heterocycles. The van der Waals surface area contributed by atoms with Crippen molar-refractivity contribution in [2.24, 2.45) is 0 Å². The minimum absolute atomic E-state index is 0.240. The molecule has 0 amide bonds. The monoisotopic (exact) mass is 328 g/mol. The fourth-order valence-corrected chi connectivity index (χ4v) is 3.07. The van der Waals surface area contributed by atoms with Gasteiger partial charge in [0.2, 0.25) is 0 Å².